The van der Waals surface area contributed by atoms with Crippen LogP contribution >= 0.6 is 11.8 Å². The average Bonchev–Trinajstić information content (AvgIpc) is 3.30. The number of allylic oxidation sites excluding steroid dienone is 1. The fraction of sp³-hybridized carbons (Fsp3) is 0.542. The first-order valence-corrected chi connectivity index (χ1v) is 12.6. The van der Waals surface area contributed by atoms with Crippen molar-refractivity contribution in [2.45, 2.75) is 58.1 Å². The van der Waals surface area contributed by atoms with Gasteiger partial charge in [-0.05, 0) is 65.0 Å². The van der Waals surface area contributed by atoms with Crippen LogP contribution in [0.5, 0.6) is 17.2 Å². The van der Waals surface area contributed by atoms with E-state index in [1.165, 1.54) is 30.2 Å². The van der Waals surface area contributed by atoms with E-state index in [-0.39, 0.29) is 11.7 Å². The smallest absolute Gasteiger partial charge is 0.277 e. The summed E-state index contributed by atoms with van der Waals surface area (Å²) in [5.41, 5.74) is 2.11. The molecule has 1 aromatic heterocycles. The molecule has 1 aliphatic carbocycles. The molecule has 0 radical (unpaired) electrons. The molecular formula is C24H33N3O5S. The van der Waals surface area contributed by atoms with Crippen molar-refractivity contribution in [3.8, 4) is 28.7 Å². The minimum atomic E-state index is -0.0468. The monoisotopic (exact) mass is 475 g/mol. The molecule has 1 aliphatic rings. The van der Waals surface area contributed by atoms with Gasteiger partial charge < -0.3 is 23.9 Å². The van der Waals surface area contributed by atoms with E-state index in [1.807, 2.05) is 20.8 Å². The molecule has 0 atom stereocenters. The normalized spacial score (nSPS) is 13.4. The number of thioether (sulfide) groups is 1. The molecule has 0 spiro atoms. The second kappa shape index (κ2) is 13.1. The standard InChI is InChI=1S/C24H33N3O5S/c1-4-29-19-14-18(15-20(30-5-2)22(19)31-6-3)23-26-27-24(32-23)33-16-21(28)25-13-12-17-10-8-7-9-11-17/h10,14-15H,4-9,11-13,16H2,1-3H3,(H,25,28). The van der Waals surface area contributed by atoms with Crippen LogP contribution in [0.3, 0.4) is 0 Å². The van der Waals surface area contributed by atoms with Gasteiger partial charge in [-0.2, -0.15) is 0 Å². The van der Waals surface area contributed by atoms with Crippen molar-refractivity contribution in [3.05, 3.63) is 23.8 Å². The molecule has 0 aliphatic heterocycles. The summed E-state index contributed by atoms with van der Waals surface area (Å²) in [6, 6.07) is 3.59. The van der Waals surface area contributed by atoms with Crippen molar-refractivity contribution in [2.24, 2.45) is 0 Å². The number of nitrogens with one attached hydrogen (secondary N) is 1. The van der Waals surface area contributed by atoms with Crippen molar-refractivity contribution < 1.29 is 23.4 Å². The van der Waals surface area contributed by atoms with Crippen LogP contribution in [0, 0.1) is 0 Å². The summed E-state index contributed by atoms with van der Waals surface area (Å²) in [6.45, 7) is 7.82. The lowest BCUT2D eigenvalue weighted by molar-refractivity contribution is -0.118. The molecule has 0 unspecified atom stereocenters. The number of benzene rings is 1. The second-order valence-corrected chi connectivity index (χ2v) is 8.40. The molecule has 8 nitrogen and oxygen atoms in total. The molecule has 33 heavy (non-hydrogen) atoms. The van der Waals surface area contributed by atoms with Crippen LogP contribution in [-0.2, 0) is 4.79 Å². The fourth-order valence-corrected chi connectivity index (χ4v) is 4.16. The van der Waals surface area contributed by atoms with Crippen LogP contribution in [0.15, 0.2) is 33.4 Å². The van der Waals surface area contributed by atoms with E-state index in [9.17, 15) is 4.79 Å². The maximum atomic E-state index is 12.2. The number of carbonyl (C=O) groups excluding carboxylic acids is 1. The second-order valence-electron chi connectivity index (χ2n) is 7.47. The topological polar surface area (TPSA) is 95.7 Å². The first-order chi connectivity index (χ1) is 16.1. The summed E-state index contributed by atoms with van der Waals surface area (Å²) in [5.74, 6) is 2.17. The van der Waals surface area contributed by atoms with Gasteiger partial charge in [-0.15, -0.1) is 10.2 Å². The van der Waals surface area contributed by atoms with E-state index in [1.54, 1.807) is 12.1 Å². The van der Waals surface area contributed by atoms with Crippen LogP contribution < -0.4 is 19.5 Å². The Morgan fingerprint density at radius 1 is 1.06 bits per heavy atom. The Morgan fingerprint density at radius 2 is 1.79 bits per heavy atom. The zero-order chi connectivity index (χ0) is 23.5. The summed E-state index contributed by atoms with van der Waals surface area (Å²) < 4.78 is 23.0. The lowest BCUT2D eigenvalue weighted by Gasteiger charge is -2.16. The number of hydrogen-bond donors (Lipinski definition) is 1. The molecule has 0 bridgehead atoms. The summed E-state index contributed by atoms with van der Waals surface area (Å²) in [7, 11) is 0. The molecule has 2 aromatic rings. The number of hydrogen-bond acceptors (Lipinski definition) is 8. The quantitative estimate of drug-likeness (QED) is 0.318. The maximum Gasteiger partial charge on any atom is 0.277 e. The number of amides is 1. The minimum Gasteiger partial charge on any atom is -0.490 e. The highest BCUT2D eigenvalue weighted by Gasteiger charge is 2.19. The minimum absolute atomic E-state index is 0.0468. The largest absolute Gasteiger partial charge is 0.490 e. The van der Waals surface area contributed by atoms with E-state index in [4.69, 9.17) is 18.6 Å². The lowest BCUT2D eigenvalue weighted by atomic mass is 9.97. The highest BCUT2D eigenvalue weighted by Crippen LogP contribution is 2.42. The van der Waals surface area contributed by atoms with Gasteiger partial charge in [0.15, 0.2) is 11.5 Å². The van der Waals surface area contributed by atoms with Gasteiger partial charge in [-0.25, -0.2) is 0 Å². The van der Waals surface area contributed by atoms with E-state index < -0.39 is 0 Å². The number of carbonyl (C=O) groups is 1. The lowest BCUT2D eigenvalue weighted by Crippen LogP contribution is -2.26. The van der Waals surface area contributed by atoms with Crippen LogP contribution in [0.4, 0.5) is 0 Å². The van der Waals surface area contributed by atoms with Gasteiger partial charge >= 0.3 is 0 Å². The third kappa shape index (κ3) is 7.42. The molecule has 1 N–H and O–H groups in total. The van der Waals surface area contributed by atoms with Crippen molar-refractivity contribution in [3.63, 3.8) is 0 Å². The van der Waals surface area contributed by atoms with Crippen LogP contribution in [0.25, 0.3) is 11.5 Å². The number of aromatic nitrogens is 2. The third-order valence-electron chi connectivity index (χ3n) is 5.04. The highest BCUT2D eigenvalue weighted by molar-refractivity contribution is 7.99. The van der Waals surface area contributed by atoms with E-state index in [2.05, 4.69) is 21.6 Å². The Labute approximate surface area is 199 Å². The van der Waals surface area contributed by atoms with Crippen LogP contribution in [0.1, 0.15) is 52.9 Å². The molecule has 0 fully saturated rings. The molecule has 1 aromatic carbocycles. The van der Waals surface area contributed by atoms with Crippen LogP contribution in [0.2, 0.25) is 0 Å². The van der Waals surface area contributed by atoms with Gasteiger partial charge in [0.25, 0.3) is 5.22 Å². The van der Waals surface area contributed by atoms with Crippen LogP contribution in [-0.4, -0.2) is 48.2 Å². The van der Waals surface area contributed by atoms with Crippen molar-refractivity contribution in [1.29, 1.82) is 0 Å². The molecule has 1 amide bonds. The van der Waals surface area contributed by atoms with E-state index >= 15 is 0 Å². The molecular weight excluding hydrogens is 442 g/mol. The first kappa shape index (κ1) is 25.0. The number of nitrogens with zero attached hydrogens (tertiary/aromatic N) is 2. The van der Waals surface area contributed by atoms with Gasteiger partial charge in [0, 0.05) is 12.1 Å². The molecule has 0 saturated heterocycles. The van der Waals surface area contributed by atoms with Gasteiger partial charge in [0.2, 0.25) is 17.5 Å². The Kier molecular flexibility index (Phi) is 9.93. The molecule has 9 heteroatoms. The average molecular weight is 476 g/mol. The first-order valence-electron chi connectivity index (χ1n) is 11.6. The third-order valence-corrected chi connectivity index (χ3v) is 5.86. The van der Waals surface area contributed by atoms with Crippen molar-refractivity contribution in [2.75, 3.05) is 32.1 Å². The maximum absolute atomic E-state index is 12.2. The van der Waals surface area contributed by atoms with Crippen molar-refractivity contribution in [1.82, 2.24) is 15.5 Å². The Morgan fingerprint density at radius 3 is 2.42 bits per heavy atom. The molecule has 0 saturated carbocycles. The summed E-state index contributed by atoms with van der Waals surface area (Å²) in [6.07, 6.45) is 8.06. The Balaban J connectivity index is 1.60. The molecule has 1 heterocycles. The zero-order valence-electron chi connectivity index (χ0n) is 19.6. The molecule has 180 valence electrons. The Bertz CT molecular complexity index is 917. The highest BCUT2D eigenvalue weighted by atomic mass is 32.2. The molecule has 3 rings (SSSR count). The summed E-state index contributed by atoms with van der Waals surface area (Å²) in [5, 5.41) is 11.5. The number of rotatable bonds is 13. The Hall–Kier alpha value is -2.68. The van der Waals surface area contributed by atoms with Gasteiger partial charge in [-0.3, -0.25) is 4.79 Å². The van der Waals surface area contributed by atoms with E-state index in [0.717, 1.165) is 19.3 Å². The number of ether oxygens (including phenoxy) is 3. The van der Waals surface area contributed by atoms with Crippen molar-refractivity contribution >= 4 is 17.7 Å². The van der Waals surface area contributed by atoms with Gasteiger partial charge in [0.1, 0.15) is 0 Å². The predicted molar refractivity (Wildman–Crippen MR) is 128 cm³/mol. The fourth-order valence-electron chi connectivity index (χ4n) is 3.57. The van der Waals surface area contributed by atoms with E-state index in [0.29, 0.717) is 60.3 Å². The summed E-state index contributed by atoms with van der Waals surface area (Å²) >= 11 is 1.22. The van der Waals surface area contributed by atoms with Gasteiger partial charge in [0.05, 0.1) is 25.6 Å². The summed E-state index contributed by atoms with van der Waals surface area (Å²) in [4.78, 5) is 12.2. The van der Waals surface area contributed by atoms with Gasteiger partial charge in [-0.1, -0.05) is 23.4 Å². The predicted octanol–water partition coefficient (Wildman–Crippen LogP) is 5.03. The zero-order valence-corrected chi connectivity index (χ0v) is 20.5. The SMILES string of the molecule is CCOc1cc(-c2nnc(SCC(=O)NCCC3=CCCCC3)o2)cc(OCC)c1OCC.